The van der Waals surface area contributed by atoms with Crippen LogP contribution in [0.15, 0.2) is 30.3 Å². The van der Waals surface area contributed by atoms with Gasteiger partial charge in [0.15, 0.2) is 5.75 Å². The van der Waals surface area contributed by atoms with E-state index in [9.17, 15) is 0 Å². The predicted octanol–water partition coefficient (Wildman–Crippen LogP) is 4.98. The van der Waals surface area contributed by atoms with Gasteiger partial charge >= 0.3 is 0 Å². The Bertz CT molecular complexity index is 597. The topological polar surface area (TPSA) is 35.2 Å². The van der Waals surface area contributed by atoms with Crippen LogP contribution in [0.25, 0.3) is 0 Å². The molecular formula is C14H13Cl2NO. The number of halogens is 2. The molecule has 0 radical (unpaired) electrons. The third-order valence-electron chi connectivity index (χ3n) is 2.67. The zero-order valence-corrected chi connectivity index (χ0v) is 11.6. The van der Waals surface area contributed by atoms with Gasteiger partial charge in [0.1, 0.15) is 5.75 Å². The lowest BCUT2D eigenvalue weighted by Gasteiger charge is -2.13. The van der Waals surface area contributed by atoms with Gasteiger partial charge in [-0.25, -0.2) is 0 Å². The largest absolute Gasteiger partial charge is 0.453 e. The number of anilines is 1. The molecule has 18 heavy (non-hydrogen) atoms. The fourth-order valence-electron chi connectivity index (χ4n) is 1.62. The second kappa shape index (κ2) is 5.09. The fraction of sp³-hybridized carbons (Fsp3) is 0.143. The van der Waals surface area contributed by atoms with E-state index in [0.29, 0.717) is 27.2 Å². The normalized spacial score (nSPS) is 10.4. The van der Waals surface area contributed by atoms with Crippen molar-refractivity contribution in [1.82, 2.24) is 0 Å². The van der Waals surface area contributed by atoms with E-state index in [4.69, 9.17) is 33.7 Å². The molecule has 94 valence electrons. The van der Waals surface area contributed by atoms with Crippen molar-refractivity contribution in [3.63, 3.8) is 0 Å². The molecule has 0 aromatic heterocycles. The number of rotatable bonds is 2. The SMILES string of the molecule is Cc1ccc(Oc2c(N)ccc(Cl)c2C)c(Cl)c1. The average Bonchev–Trinajstić information content (AvgIpc) is 2.32. The maximum atomic E-state index is 6.13. The van der Waals surface area contributed by atoms with Crippen molar-refractivity contribution in [2.24, 2.45) is 0 Å². The Balaban J connectivity index is 2.43. The van der Waals surface area contributed by atoms with Gasteiger partial charge in [-0.1, -0.05) is 29.3 Å². The summed E-state index contributed by atoms with van der Waals surface area (Å²) >= 11 is 12.2. The summed E-state index contributed by atoms with van der Waals surface area (Å²) in [5, 5.41) is 1.16. The van der Waals surface area contributed by atoms with Crippen molar-refractivity contribution < 1.29 is 4.74 Å². The molecule has 0 aliphatic carbocycles. The van der Waals surface area contributed by atoms with Crippen molar-refractivity contribution in [3.8, 4) is 11.5 Å². The minimum absolute atomic E-state index is 0.536. The van der Waals surface area contributed by atoms with E-state index in [1.807, 2.05) is 32.0 Å². The number of nitrogens with two attached hydrogens (primary N) is 1. The van der Waals surface area contributed by atoms with Crippen LogP contribution in [0.4, 0.5) is 5.69 Å². The highest BCUT2D eigenvalue weighted by atomic mass is 35.5. The summed E-state index contributed by atoms with van der Waals surface area (Å²) in [5.41, 5.74) is 8.30. The highest BCUT2D eigenvalue weighted by Gasteiger charge is 2.11. The number of hydrogen-bond acceptors (Lipinski definition) is 2. The molecule has 0 amide bonds. The molecule has 0 bridgehead atoms. The maximum absolute atomic E-state index is 6.13. The molecule has 2 N–H and O–H groups in total. The van der Waals surface area contributed by atoms with Crippen LogP contribution in [0.2, 0.25) is 10.0 Å². The standard InChI is InChI=1S/C14H13Cl2NO/c1-8-3-6-13(11(16)7-8)18-14-9(2)10(15)4-5-12(14)17/h3-7H,17H2,1-2H3. The molecule has 2 aromatic rings. The van der Waals surface area contributed by atoms with Crippen LogP contribution in [-0.2, 0) is 0 Å². The van der Waals surface area contributed by atoms with Gasteiger partial charge in [-0.05, 0) is 43.7 Å². The summed E-state index contributed by atoms with van der Waals surface area (Å²) in [6.45, 7) is 3.82. The molecule has 4 heteroatoms. The molecule has 0 spiro atoms. The molecule has 0 aliphatic heterocycles. The van der Waals surface area contributed by atoms with Gasteiger partial charge in [0.2, 0.25) is 0 Å². The molecule has 2 nitrogen and oxygen atoms in total. The first-order valence-electron chi connectivity index (χ1n) is 5.47. The Kier molecular flexibility index (Phi) is 3.69. The fourth-order valence-corrected chi connectivity index (χ4v) is 2.05. The molecule has 0 fully saturated rings. The Morgan fingerprint density at radius 1 is 1.00 bits per heavy atom. The van der Waals surface area contributed by atoms with Crippen molar-refractivity contribution in [1.29, 1.82) is 0 Å². The van der Waals surface area contributed by atoms with Crippen LogP contribution in [-0.4, -0.2) is 0 Å². The van der Waals surface area contributed by atoms with Crippen LogP contribution in [0.3, 0.4) is 0 Å². The number of aryl methyl sites for hydroxylation is 1. The summed E-state index contributed by atoms with van der Waals surface area (Å²) in [6.07, 6.45) is 0. The Hall–Kier alpha value is -1.38. The van der Waals surface area contributed by atoms with Gasteiger partial charge in [0.05, 0.1) is 10.7 Å². The third-order valence-corrected chi connectivity index (χ3v) is 3.37. The Morgan fingerprint density at radius 3 is 2.39 bits per heavy atom. The smallest absolute Gasteiger partial charge is 0.154 e. The summed E-state index contributed by atoms with van der Waals surface area (Å²) in [6, 6.07) is 9.05. The quantitative estimate of drug-likeness (QED) is 0.788. The molecule has 0 unspecified atom stereocenters. The zero-order valence-electron chi connectivity index (χ0n) is 10.1. The van der Waals surface area contributed by atoms with Gasteiger partial charge in [-0.15, -0.1) is 0 Å². The van der Waals surface area contributed by atoms with Gasteiger partial charge < -0.3 is 10.5 Å². The average molecular weight is 282 g/mol. The minimum atomic E-state index is 0.536. The van der Waals surface area contributed by atoms with E-state index in [2.05, 4.69) is 0 Å². The highest BCUT2D eigenvalue weighted by molar-refractivity contribution is 6.32. The van der Waals surface area contributed by atoms with Crippen molar-refractivity contribution in [3.05, 3.63) is 51.5 Å². The van der Waals surface area contributed by atoms with Crippen LogP contribution >= 0.6 is 23.2 Å². The first kappa shape index (κ1) is 13.1. The number of benzene rings is 2. The van der Waals surface area contributed by atoms with Gasteiger partial charge in [0.25, 0.3) is 0 Å². The molecule has 2 rings (SSSR count). The first-order valence-corrected chi connectivity index (χ1v) is 6.23. The monoisotopic (exact) mass is 281 g/mol. The lowest BCUT2D eigenvalue weighted by molar-refractivity contribution is 0.481. The second-order valence-corrected chi connectivity index (χ2v) is 4.94. The summed E-state index contributed by atoms with van der Waals surface area (Å²) in [4.78, 5) is 0. The van der Waals surface area contributed by atoms with Crippen LogP contribution in [0, 0.1) is 13.8 Å². The van der Waals surface area contributed by atoms with E-state index in [-0.39, 0.29) is 0 Å². The molecule has 0 aliphatic rings. The molecule has 0 atom stereocenters. The van der Waals surface area contributed by atoms with Crippen molar-refractivity contribution in [2.45, 2.75) is 13.8 Å². The molecular weight excluding hydrogens is 269 g/mol. The summed E-state index contributed by atoms with van der Waals surface area (Å²) < 4.78 is 5.77. The van der Waals surface area contributed by atoms with Crippen LogP contribution in [0.5, 0.6) is 11.5 Å². The number of hydrogen-bond donors (Lipinski definition) is 1. The summed E-state index contributed by atoms with van der Waals surface area (Å²) in [7, 11) is 0. The second-order valence-electron chi connectivity index (χ2n) is 4.13. The van der Waals surface area contributed by atoms with E-state index < -0.39 is 0 Å². The van der Waals surface area contributed by atoms with Gasteiger partial charge in [0, 0.05) is 10.6 Å². The van der Waals surface area contributed by atoms with E-state index in [0.717, 1.165) is 11.1 Å². The molecule has 0 saturated carbocycles. The zero-order chi connectivity index (χ0) is 13.3. The number of nitrogen functional groups attached to an aromatic ring is 1. The molecule has 2 aromatic carbocycles. The lowest BCUT2D eigenvalue weighted by Crippen LogP contribution is -1.95. The third kappa shape index (κ3) is 2.55. The Morgan fingerprint density at radius 2 is 1.72 bits per heavy atom. The number of ether oxygens (including phenoxy) is 1. The van der Waals surface area contributed by atoms with Crippen molar-refractivity contribution in [2.75, 3.05) is 5.73 Å². The van der Waals surface area contributed by atoms with Crippen LogP contribution in [0.1, 0.15) is 11.1 Å². The van der Waals surface area contributed by atoms with E-state index >= 15 is 0 Å². The van der Waals surface area contributed by atoms with Crippen molar-refractivity contribution >= 4 is 28.9 Å². The minimum Gasteiger partial charge on any atom is -0.453 e. The highest BCUT2D eigenvalue weighted by Crippen LogP contribution is 2.37. The van der Waals surface area contributed by atoms with E-state index in [1.54, 1.807) is 12.1 Å². The predicted molar refractivity (Wildman–Crippen MR) is 76.9 cm³/mol. The lowest BCUT2D eigenvalue weighted by atomic mass is 10.2. The molecule has 0 saturated heterocycles. The molecule has 0 heterocycles. The van der Waals surface area contributed by atoms with Gasteiger partial charge in [-0.2, -0.15) is 0 Å². The Labute approximate surface area is 116 Å². The summed E-state index contributed by atoms with van der Waals surface area (Å²) in [5.74, 6) is 1.12. The van der Waals surface area contributed by atoms with Gasteiger partial charge in [-0.3, -0.25) is 0 Å². The van der Waals surface area contributed by atoms with E-state index in [1.165, 1.54) is 0 Å². The van der Waals surface area contributed by atoms with Crippen LogP contribution < -0.4 is 10.5 Å². The maximum Gasteiger partial charge on any atom is 0.154 e. The first-order chi connectivity index (χ1) is 8.49.